The van der Waals surface area contributed by atoms with Gasteiger partial charge in [-0.1, -0.05) is 18.2 Å². The van der Waals surface area contributed by atoms with E-state index in [0.29, 0.717) is 18.8 Å². The minimum absolute atomic E-state index is 0.270. The molecule has 4 N–H and O–H groups in total. The van der Waals surface area contributed by atoms with Crippen LogP contribution in [0.25, 0.3) is 0 Å². The second-order valence-corrected chi connectivity index (χ2v) is 7.32. The number of pyridine rings is 1. The molecule has 26 heavy (non-hydrogen) atoms. The summed E-state index contributed by atoms with van der Waals surface area (Å²) < 4.78 is 11.7. The molecular formula is C19H24N4O3. The van der Waals surface area contributed by atoms with Gasteiger partial charge in [-0.25, -0.2) is 9.78 Å². The Morgan fingerprint density at radius 2 is 2.04 bits per heavy atom. The minimum Gasteiger partial charge on any atom is -0.483 e. The molecule has 1 amide bonds. The van der Waals surface area contributed by atoms with Crippen LogP contribution in [0.15, 0.2) is 36.5 Å². The van der Waals surface area contributed by atoms with E-state index in [1.165, 1.54) is 0 Å². The van der Waals surface area contributed by atoms with Crippen LogP contribution in [0.4, 0.5) is 16.3 Å². The molecule has 0 aliphatic carbocycles. The Hall–Kier alpha value is -2.96. The van der Waals surface area contributed by atoms with Crippen LogP contribution < -0.4 is 16.2 Å². The van der Waals surface area contributed by atoms with Crippen LogP contribution in [0.2, 0.25) is 0 Å². The summed E-state index contributed by atoms with van der Waals surface area (Å²) in [5.41, 5.74) is 13.1. The van der Waals surface area contributed by atoms with Crippen LogP contribution >= 0.6 is 0 Å². The number of nitrogen functional groups attached to an aromatic ring is 2. The average molecular weight is 356 g/mol. The van der Waals surface area contributed by atoms with Crippen LogP contribution in [0.5, 0.6) is 5.75 Å². The van der Waals surface area contributed by atoms with E-state index in [-0.39, 0.29) is 11.9 Å². The second-order valence-electron chi connectivity index (χ2n) is 7.32. The third kappa shape index (κ3) is 3.99. The highest BCUT2D eigenvalue weighted by Crippen LogP contribution is 2.32. The maximum Gasteiger partial charge on any atom is 0.410 e. The van der Waals surface area contributed by atoms with Gasteiger partial charge in [0.2, 0.25) is 0 Å². The lowest BCUT2D eigenvalue weighted by Crippen LogP contribution is -2.38. The monoisotopic (exact) mass is 356 g/mol. The van der Waals surface area contributed by atoms with Gasteiger partial charge in [0, 0.05) is 17.3 Å². The van der Waals surface area contributed by atoms with Crippen molar-refractivity contribution in [2.45, 2.75) is 39.0 Å². The summed E-state index contributed by atoms with van der Waals surface area (Å²) in [7, 11) is 0. The molecule has 3 rings (SSSR count). The van der Waals surface area contributed by atoms with Crippen molar-refractivity contribution in [2.75, 3.05) is 18.0 Å². The Labute approximate surface area is 152 Å². The number of anilines is 2. The van der Waals surface area contributed by atoms with E-state index in [1.807, 2.05) is 45.0 Å². The average Bonchev–Trinajstić information content (AvgIpc) is 2.75. The molecule has 1 aromatic carbocycles. The van der Waals surface area contributed by atoms with E-state index in [1.54, 1.807) is 17.2 Å². The minimum atomic E-state index is -0.577. The first kappa shape index (κ1) is 17.8. The fraction of sp³-hybridized carbons (Fsp3) is 0.368. The summed E-state index contributed by atoms with van der Waals surface area (Å²) in [6, 6.07) is 9.36. The third-order valence-corrected chi connectivity index (χ3v) is 3.98. The second kappa shape index (κ2) is 6.74. The predicted octanol–water partition coefficient (Wildman–Crippen LogP) is 3.12. The molecule has 1 unspecified atom stereocenters. The molecule has 1 aliphatic heterocycles. The Kier molecular flexibility index (Phi) is 4.63. The van der Waals surface area contributed by atoms with E-state index in [2.05, 4.69) is 4.98 Å². The number of hydrogen-bond acceptors (Lipinski definition) is 6. The van der Waals surface area contributed by atoms with E-state index in [4.69, 9.17) is 20.9 Å². The van der Waals surface area contributed by atoms with Crippen molar-refractivity contribution in [3.8, 4) is 5.75 Å². The summed E-state index contributed by atoms with van der Waals surface area (Å²) in [5.74, 6) is 0.991. The number of nitrogens with two attached hydrogens (primary N) is 2. The molecule has 0 saturated carbocycles. The molecule has 138 valence electrons. The first-order valence-corrected chi connectivity index (χ1v) is 8.46. The summed E-state index contributed by atoms with van der Waals surface area (Å²) >= 11 is 0. The highest BCUT2D eigenvalue weighted by Gasteiger charge is 2.30. The Morgan fingerprint density at radius 1 is 1.31 bits per heavy atom. The smallest absolute Gasteiger partial charge is 0.410 e. The van der Waals surface area contributed by atoms with Crippen LogP contribution in [0.3, 0.4) is 0 Å². The van der Waals surface area contributed by atoms with Gasteiger partial charge in [-0.15, -0.1) is 0 Å². The Balaban J connectivity index is 1.94. The molecule has 0 saturated heterocycles. The zero-order valence-electron chi connectivity index (χ0n) is 15.2. The van der Waals surface area contributed by atoms with E-state index >= 15 is 0 Å². The number of ether oxygens (including phenoxy) is 2. The molecule has 0 spiro atoms. The number of aromatic nitrogens is 1. The third-order valence-electron chi connectivity index (χ3n) is 3.98. The van der Waals surface area contributed by atoms with Gasteiger partial charge in [0.1, 0.15) is 23.3 Å². The molecular weight excluding hydrogens is 332 g/mol. The van der Waals surface area contributed by atoms with Crippen LogP contribution in [-0.2, 0) is 11.3 Å². The molecule has 0 radical (unpaired) electrons. The molecule has 7 heteroatoms. The van der Waals surface area contributed by atoms with Crippen molar-refractivity contribution in [2.24, 2.45) is 0 Å². The topological polar surface area (TPSA) is 104 Å². The van der Waals surface area contributed by atoms with Crippen LogP contribution in [0.1, 0.15) is 38.0 Å². The number of hydrogen-bond donors (Lipinski definition) is 2. The lowest BCUT2D eigenvalue weighted by Gasteiger charge is -2.28. The molecule has 2 heterocycles. The summed E-state index contributed by atoms with van der Waals surface area (Å²) in [4.78, 5) is 18.4. The Morgan fingerprint density at radius 3 is 2.73 bits per heavy atom. The number of carbonyl (C=O) groups excluding carboxylic acids is 1. The normalized spacial score (nSPS) is 17.0. The van der Waals surface area contributed by atoms with Gasteiger partial charge in [0.15, 0.2) is 0 Å². The van der Waals surface area contributed by atoms with Gasteiger partial charge in [0.25, 0.3) is 0 Å². The molecule has 0 bridgehead atoms. The highest BCUT2D eigenvalue weighted by molar-refractivity contribution is 5.68. The first-order chi connectivity index (χ1) is 12.2. The molecule has 0 fully saturated rings. The molecule has 1 aromatic heterocycles. The fourth-order valence-electron chi connectivity index (χ4n) is 2.73. The number of carbonyl (C=O) groups is 1. The quantitative estimate of drug-likeness (QED) is 0.813. The highest BCUT2D eigenvalue weighted by atomic mass is 16.6. The summed E-state index contributed by atoms with van der Waals surface area (Å²) in [6.07, 6.45) is 0.804. The van der Waals surface area contributed by atoms with E-state index in [9.17, 15) is 4.79 Å². The summed E-state index contributed by atoms with van der Waals surface area (Å²) in [5, 5.41) is 0. The first-order valence-electron chi connectivity index (χ1n) is 8.46. The van der Waals surface area contributed by atoms with Crippen molar-refractivity contribution < 1.29 is 14.3 Å². The van der Waals surface area contributed by atoms with Crippen molar-refractivity contribution >= 4 is 17.6 Å². The van der Waals surface area contributed by atoms with Crippen molar-refractivity contribution in [3.63, 3.8) is 0 Å². The molecule has 1 atom stereocenters. The number of rotatable bonds is 1. The number of amides is 1. The zero-order valence-corrected chi connectivity index (χ0v) is 15.2. The van der Waals surface area contributed by atoms with Gasteiger partial charge in [-0.05, 0) is 32.9 Å². The van der Waals surface area contributed by atoms with Gasteiger partial charge in [0.05, 0.1) is 18.8 Å². The lowest BCUT2D eigenvalue weighted by molar-refractivity contribution is 0.0178. The maximum atomic E-state index is 12.7. The standard InChI is InChI=1S/C19H24N4O3/c1-19(2,3)26-18(24)23-10-12-6-4-5-7-15(12)25-16(11-23)13-8-14(20)17(21)22-9-13/h4-9,16H,10-11,20H2,1-3H3,(H2,21,22). The Bertz CT molecular complexity index is 817. The maximum absolute atomic E-state index is 12.7. The number of fused-ring (bicyclic) bond motifs is 1. The van der Waals surface area contributed by atoms with Gasteiger partial charge >= 0.3 is 6.09 Å². The van der Waals surface area contributed by atoms with Gasteiger partial charge < -0.3 is 20.9 Å². The predicted molar refractivity (Wildman–Crippen MR) is 99.5 cm³/mol. The summed E-state index contributed by atoms with van der Waals surface area (Å²) in [6.45, 7) is 6.24. The number of nitrogens with zero attached hydrogens (tertiary/aromatic N) is 2. The molecule has 7 nitrogen and oxygen atoms in total. The SMILES string of the molecule is CC(C)(C)OC(=O)N1Cc2ccccc2OC(c2cnc(N)c(N)c2)C1. The molecule has 2 aromatic rings. The van der Waals surface area contributed by atoms with E-state index in [0.717, 1.165) is 16.9 Å². The van der Waals surface area contributed by atoms with Crippen molar-refractivity contribution in [3.05, 3.63) is 47.7 Å². The van der Waals surface area contributed by atoms with Crippen LogP contribution in [-0.4, -0.2) is 28.1 Å². The van der Waals surface area contributed by atoms with E-state index < -0.39 is 11.7 Å². The lowest BCUT2D eigenvalue weighted by atomic mass is 10.1. The largest absolute Gasteiger partial charge is 0.483 e. The van der Waals surface area contributed by atoms with Crippen molar-refractivity contribution in [1.29, 1.82) is 0 Å². The van der Waals surface area contributed by atoms with Gasteiger partial charge in [-0.2, -0.15) is 0 Å². The van der Waals surface area contributed by atoms with Crippen molar-refractivity contribution in [1.82, 2.24) is 9.88 Å². The van der Waals surface area contributed by atoms with Crippen LogP contribution in [0, 0.1) is 0 Å². The number of benzene rings is 1. The molecule has 1 aliphatic rings. The number of para-hydroxylation sites is 1. The zero-order chi connectivity index (χ0) is 18.9. The van der Waals surface area contributed by atoms with Gasteiger partial charge in [-0.3, -0.25) is 4.90 Å². The fourth-order valence-corrected chi connectivity index (χ4v) is 2.73.